The molecule has 1 aliphatic heterocycles. The standard InChI is InChI=1S/C11H15N5O3S2/c1-16(2)7-3-4-8-9(5-7)21(18,19)15-11(13-8)20-6-10(17)14-12/h3-5H,6,12H2,1-2H3,(H,13,15)(H,14,17). The van der Waals surface area contributed by atoms with Crippen LogP contribution < -0.4 is 21.5 Å². The number of nitrogens with one attached hydrogen (secondary N) is 2. The van der Waals surface area contributed by atoms with Crippen molar-refractivity contribution in [1.29, 1.82) is 0 Å². The van der Waals surface area contributed by atoms with Crippen molar-refractivity contribution >= 4 is 44.2 Å². The smallest absolute Gasteiger partial charge is 0.286 e. The van der Waals surface area contributed by atoms with E-state index in [4.69, 9.17) is 5.84 Å². The summed E-state index contributed by atoms with van der Waals surface area (Å²) in [5.41, 5.74) is 3.16. The van der Waals surface area contributed by atoms with Gasteiger partial charge in [-0.2, -0.15) is 8.42 Å². The van der Waals surface area contributed by atoms with Crippen LogP contribution in [0.2, 0.25) is 0 Å². The number of nitrogens with two attached hydrogens (primary N) is 1. The minimum absolute atomic E-state index is 0.0248. The molecule has 8 nitrogen and oxygen atoms in total. The molecule has 0 bridgehead atoms. The number of thioether (sulfide) groups is 1. The number of fused-ring (bicyclic) bond motifs is 1. The quantitative estimate of drug-likeness (QED) is 0.404. The molecule has 0 aromatic heterocycles. The van der Waals surface area contributed by atoms with Gasteiger partial charge in [0.15, 0.2) is 5.17 Å². The highest BCUT2D eigenvalue weighted by atomic mass is 32.2. The highest BCUT2D eigenvalue weighted by molar-refractivity contribution is 8.15. The maximum atomic E-state index is 12.2. The van der Waals surface area contributed by atoms with E-state index in [0.717, 1.165) is 17.4 Å². The average Bonchev–Trinajstić information content (AvgIpc) is 2.43. The summed E-state index contributed by atoms with van der Waals surface area (Å²) in [6.45, 7) is 0. The largest absolute Gasteiger partial charge is 0.378 e. The first-order chi connectivity index (χ1) is 9.83. The number of hydrazine groups is 1. The van der Waals surface area contributed by atoms with Crippen molar-refractivity contribution in [2.45, 2.75) is 4.90 Å². The number of carbonyl (C=O) groups excluding carboxylic acids is 1. The lowest BCUT2D eigenvalue weighted by atomic mass is 10.2. The van der Waals surface area contributed by atoms with Crippen LogP contribution in [0.25, 0.3) is 0 Å². The molecule has 0 fully saturated rings. The molecule has 1 aromatic carbocycles. The van der Waals surface area contributed by atoms with E-state index in [1.807, 2.05) is 19.5 Å². The van der Waals surface area contributed by atoms with Gasteiger partial charge in [0.25, 0.3) is 10.0 Å². The van der Waals surface area contributed by atoms with Gasteiger partial charge in [0, 0.05) is 19.8 Å². The lowest BCUT2D eigenvalue weighted by Gasteiger charge is -2.20. The third-order valence-electron chi connectivity index (χ3n) is 2.71. The summed E-state index contributed by atoms with van der Waals surface area (Å²) in [5, 5.41) is 3.03. The van der Waals surface area contributed by atoms with E-state index in [-0.39, 0.29) is 15.8 Å². The lowest BCUT2D eigenvalue weighted by Crippen LogP contribution is -2.32. The molecule has 0 saturated carbocycles. The highest BCUT2D eigenvalue weighted by Crippen LogP contribution is 2.32. The van der Waals surface area contributed by atoms with Crippen LogP contribution in [-0.2, 0) is 14.8 Å². The second-order valence-electron chi connectivity index (χ2n) is 4.43. The Balaban J connectivity index is 2.29. The van der Waals surface area contributed by atoms with Gasteiger partial charge in [0.2, 0.25) is 5.91 Å². The van der Waals surface area contributed by atoms with Crippen LogP contribution in [0, 0.1) is 0 Å². The predicted molar refractivity (Wildman–Crippen MR) is 83.8 cm³/mol. The molecule has 1 aliphatic rings. The maximum Gasteiger partial charge on any atom is 0.286 e. The summed E-state index contributed by atoms with van der Waals surface area (Å²) >= 11 is 0.964. The van der Waals surface area contributed by atoms with Crippen LogP contribution in [0.1, 0.15) is 0 Å². The summed E-state index contributed by atoms with van der Waals surface area (Å²) < 4.78 is 28.0. The lowest BCUT2D eigenvalue weighted by molar-refractivity contribution is -0.118. The number of hydrogen-bond acceptors (Lipinski definition) is 7. The first-order valence-corrected chi connectivity index (χ1v) is 8.31. The van der Waals surface area contributed by atoms with Crippen molar-refractivity contribution in [2.75, 3.05) is 30.1 Å². The number of rotatable bonds is 3. The van der Waals surface area contributed by atoms with Gasteiger partial charge >= 0.3 is 0 Å². The van der Waals surface area contributed by atoms with Gasteiger partial charge in [-0.05, 0) is 18.2 Å². The second kappa shape index (κ2) is 5.92. The SMILES string of the molecule is CN(C)c1ccc2c(c1)S(=O)(=O)N=C(SCC(=O)NN)N2. The van der Waals surface area contributed by atoms with Crippen molar-refractivity contribution in [3.05, 3.63) is 18.2 Å². The predicted octanol–water partition coefficient (Wildman–Crippen LogP) is -0.0541. The Morgan fingerprint density at radius 1 is 1.48 bits per heavy atom. The Hall–Kier alpha value is -1.78. The average molecular weight is 329 g/mol. The molecule has 0 saturated heterocycles. The maximum absolute atomic E-state index is 12.2. The number of benzene rings is 1. The molecule has 114 valence electrons. The van der Waals surface area contributed by atoms with Gasteiger partial charge in [-0.15, -0.1) is 4.40 Å². The van der Waals surface area contributed by atoms with E-state index in [2.05, 4.69) is 9.71 Å². The Bertz CT molecular complexity index is 700. The van der Waals surface area contributed by atoms with E-state index in [9.17, 15) is 13.2 Å². The van der Waals surface area contributed by atoms with Gasteiger partial charge in [-0.25, -0.2) is 5.84 Å². The molecule has 21 heavy (non-hydrogen) atoms. The number of sulfonamides is 1. The third-order valence-corrected chi connectivity index (χ3v) is 5.01. The fourth-order valence-corrected chi connectivity index (χ4v) is 3.71. The number of hydrogen-bond donors (Lipinski definition) is 3. The van der Waals surface area contributed by atoms with E-state index < -0.39 is 15.9 Å². The summed E-state index contributed by atoms with van der Waals surface area (Å²) in [6, 6.07) is 5.01. The Morgan fingerprint density at radius 3 is 2.81 bits per heavy atom. The Kier molecular flexibility index (Phi) is 4.40. The monoisotopic (exact) mass is 329 g/mol. The fraction of sp³-hybridized carbons (Fsp3) is 0.273. The molecule has 0 aliphatic carbocycles. The van der Waals surface area contributed by atoms with Gasteiger partial charge in [0.05, 0.1) is 11.4 Å². The molecule has 1 heterocycles. The molecule has 0 atom stereocenters. The van der Waals surface area contributed by atoms with Gasteiger partial charge in [0.1, 0.15) is 4.90 Å². The van der Waals surface area contributed by atoms with Crippen molar-refractivity contribution in [3.8, 4) is 0 Å². The molecule has 1 amide bonds. The summed E-state index contributed by atoms with van der Waals surface area (Å²) in [6.07, 6.45) is 0. The third kappa shape index (κ3) is 3.46. The first-order valence-electron chi connectivity index (χ1n) is 5.89. The van der Waals surface area contributed by atoms with Crippen LogP contribution in [0.4, 0.5) is 11.4 Å². The topological polar surface area (TPSA) is 117 Å². The summed E-state index contributed by atoms with van der Waals surface area (Å²) in [4.78, 5) is 13.0. The van der Waals surface area contributed by atoms with Crippen molar-refractivity contribution < 1.29 is 13.2 Å². The number of carbonyl (C=O) groups is 1. The molecule has 10 heteroatoms. The van der Waals surface area contributed by atoms with Crippen LogP contribution in [0.3, 0.4) is 0 Å². The summed E-state index contributed by atoms with van der Waals surface area (Å²) in [7, 11) is -0.147. The van der Waals surface area contributed by atoms with Crippen LogP contribution in [0.5, 0.6) is 0 Å². The zero-order chi connectivity index (χ0) is 15.6. The minimum atomic E-state index is -3.79. The fourth-order valence-electron chi connectivity index (χ4n) is 1.64. The number of amidine groups is 1. The van der Waals surface area contributed by atoms with Gasteiger partial charge in [-0.1, -0.05) is 11.8 Å². The molecule has 4 N–H and O–H groups in total. The van der Waals surface area contributed by atoms with Crippen molar-refractivity contribution in [1.82, 2.24) is 5.43 Å². The van der Waals surface area contributed by atoms with Gasteiger partial charge < -0.3 is 10.2 Å². The molecule has 1 aromatic rings. The normalized spacial score (nSPS) is 15.5. The molecule has 0 unspecified atom stereocenters. The molecule has 2 rings (SSSR count). The van der Waals surface area contributed by atoms with E-state index >= 15 is 0 Å². The van der Waals surface area contributed by atoms with E-state index in [1.54, 1.807) is 23.1 Å². The molecule has 0 radical (unpaired) electrons. The zero-order valence-corrected chi connectivity index (χ0v) is 13.1. The minimum Gasteiger partial charge on any atom is -0.378 e. The Morgan fingerprint density at radius 2 is 2.19 bits per heavy atom. The molecule has 0 spiro atoms. The Labute approximate surface area is 126 Å². The van der Waals surface area contributed by atoms with E-state index in [1.165, 1.54) is 0 Å². The van der Waals surface area contributed by atoms with Crippen LogP contribution >= 0.6 is 11.8 Å². The number of anilines is 2. The van der Waals surface area contributed by atoms with Crippen LogP contribution in [0.15, 0.2) is 27.5 Å². The van der Waals surface area contributed by atoms with Gasteiger partial charge in [-0.3, -0.25) is 10.2 Å². The first kappa shape index (κ1) is 15.6. The van der Waals surface area contributed by atoms with E-state index in [0.29, 0.717) is 5.69 Å². The zero-order valence-electron chi connectivity index (χ0n) is 11.5. The van der Waals surface area contributed by atoms with Crippen molar-refractivity contribution in [2.24, 2.45) is 10.2 Å². The second-order valence-corrected chi connectivity index (χ2v) is 6.96. The van der Waals surface area contributed by atoms with Crippen LogP contribution in [-0.4, -0.2) is 39.3 Å². The number of nitrogens with zero attached hydrogens (tertiary/aromatic N) is 2. The highest BCUT2D eigenvalue weighted by Gasteiger charge is 2.26. The van der Waals surface area contributed by atoms with Crippen molar-refractivity contribution in [3.63, 3.8) is 0 Å². The molecular formula is C11H15N5O3S2. The summed E-state index contributed by atoms with van der Waals surface area (Å²) in [5.74, 6) is 4.52. The number of amides is 1. The molecular weight excluding hydrogens is 314 g/mol.